The van der Waals surface area contributed by atoms with Crippen molar-refractivity contribution in [3.8, 4) is 5.69 Å². The standard InChI is InChI=1S/C12H15ClFN5O/c1-8(15-6-7-20-2)12-16-17-18-19(12)10-5-3-4-9(13)11(10)14/h3-5,8,15H,6-7H2,1-2H3. The molecule has 0 amide bonds. The first kappa shape index (κ1) is 14.8. The molecule has 0 fully saturated rings. The van der Waals surface area contributed by atoms with Crippen LogP contribution in [-0.2, 0) is 4.74 Å². The lowest BCUT2D eigenvalue weighted by atomic mass is 10.2. The summed E-state index contributed by atoms with van der Waals surface area (Å²) in [6, 6.07) is 4.54. The van der Waals surface area contributed by atoms with Gasteiger partial charge in [-0.05, 0) is 29.5 Å². The zero-order chi connectivity index (χ0) is 14.5. The second kappa shape index (κ2) is 6.74. The van der Waals surface area contributed by atoms with Crippen molar-refractivity contribution in [1.82, 2.24) is 25.5 Å². The fraction of sp³-hybridized carbons (Fsp3) is 0.417. The molecular weight excluding hydrogens is 285 g/mol. The van der Waals surface area contributed by atoms with Crippen LogP contribution in [0.3, 0.4) is 0 Å². The Morgan fingerprint density at radius 2 is 2.30 bits per heavy atom. The van der Waals surface area contributed by atoms with Gasteiger partial charge in [-0.2, -0.15) is 4.68 Å². The van der Waals surface area contributed by atoms with Crippen LogP contribution in [0.4, 0.5) is 4.39 Å². The van der Waals surface area contributed by atoms with E-state index in [1.807, 2.05) is 6.92 Å². The van der Waals surface area contributed by atoms with Gasteiger partial charge >= 0.3 is 0 Å². The predicted octanol–water partition coefficient (Wildman–Crippen LogP) is 1.75. The molecule has 0 spiro atoms. The molecule has 1 aromatic carbocycles. The Labute approximate surface area is 120 Å². The highest BCUT2D eigenvalue weighted by molar-refractivity contribution is 6.30. The molecule has 1 unspecified atom stereocenters. The third-order valence-electron chi connectivity index (χ3n) is 2.80. The Hall–Kier alpha value is -1.57. The molecule has 1 aromatic heterocycles. The number of methoxy groups -OCH3 is 1. The zero-order valence-corrected chi connectivity index (χ0v) is 11.9. The van der Waals surface area contributed by atoms with E-state index >= 15 is 0 Å². The van der Waals surface area contributed by atoms with Gasteiger partial charge in [0.15, 0.2) is 11.6 Å². The normalized spacial score (nSPS) is 12.6. The van der Waals surface area contributed by atoms with E-state index in [-0.39, 0.29) is 16.8 Å². The van der Waals surface area contributed by atoms with Gasteiger partial charge in [0.25, 0.3) is 0 Å². The van der Waals surface area contributed by atoms with Crippen LogP contribution in [-0.4, -0.2) is 40.5 Å². The van der Waals surface area contributed by atoms with Crippen LogP contribution in [0.25, 0.3) is 5.69 Å². The van der Waals surface area contributed by atoms with Crippen molar-refractivity contribution in [1.29, 1.82) is 0 Å². The van der Waals surface area contributed by atoms with E-state index in [0.717, 1.165) is 0 Å². The average molecular weight is 300 g/mol. The molecule has 2 rings (SSSR count). The minimum atomic E-state index is -0.549. The third kappa shape index (κ3) is 3.12. The number of nitrogens with zero attached hydrogens (tertiary/aromatic N) is 4. The lowest BCUT2D eigenvalue weighted by molar-refractivity contribution is 0.196. The number of rotatable bonds is 6. The molecule has 6 nitrogen and oxygen atoms in total. The van der Waals surface area contributed by atoms with Gasteiger partial charge in [-0.3, -0.25) is 0 Å². The first-order chi connectivity index (χ1) is 9.65. The Morgan fingerprint density at radius 1 is 1.50 bits per heavy atom. The van der Waals surface area contributed by atoms with E-state index in [9.17, 15) is 4.39 Å². The highest BCUT2D eigenvalue weighted by atomic mass is 35.5. The predicted molar refractivity (Wildman–Crippen MR) is 72.4 cm³/mol. The van der Waals surface area contributed by atoms with Crippen LogP contribution in [0.2, 0.25) is 5.02 Å². The monoisotopic (exact) mass is 299 g/mol. The van der Waals surface area contributed by atoms with Crippen molar-refractivity contribution >= 4 is 11.6 Å². The number of nitrogens with one attached hydrogen (secondary N) is 1. The maximum Gasteiger partial charge on any atom is 0.173 e. The SMILES string of the molecule is COCCNC(C)c1nnnn1-c1cccc(Cl)c1F. The Balaban J connectivity index is 2.26. The molecule has 0 aliphatic carbocycles. The first-order valence-electron chi connectivity index (χ1n) is 6.10. The third-order valence-corrected chi connectivity index (χ3v) is 3.09. The van der Waals surface area contributed by atoms with Gasteiger partial charge in [-0.25, -0.2) is 4.39 Å². The van der Waals surface area contributed by atoms with Gasteiger partial charge in [-0.1, -0.05) is 17.7 Å². The van der Waals surface area contributed by atoms with Crippen LogP contribution in [0.5, 0.6) is 0 Å². The van der Waals surface area contributed by atoms with E-state index in [1.165, 1.54) is 10.7 Å². The van der Waals surface area contributed by atoms with Crippen molar-refractivity contribution < 1.29 is 9.13 Å². The van der Waals surface area contributed by atoms with E-state index in [2.05, 4.69) is 20.8 Å². The molecule has 1 heterocycles. The molecule has 0 aliphatic heterocycles. The van der Waals surface area contributed by atoms with Crippen molar-refractivity contribution in [3.05, 3.63) is 34.9 Å². The molecule has 1 N–H and O–H groups in total. The Morgan fingerprint density at radius 3 is 3.05 bits per heavy atom. The summed E-state index contributed by atoms with van der Waals surface area (Å²) in [5.74, 6) is -0.0472. The topological polar surface area (TPSA) is 64.9 Å². The van der Waals surface area contributed by atoms with Crippen LogP contribution in [0.1, 0.15) is 18.8 Å². The van der Waals surface area contributed by atoms with Crippen molar-refractivity contribution in [2.45, 2.75) is 13.0 Å². The molecule has 20 heavy (non-hydrogen) atoms. The molecule has 0 saturated carbocycles. The second-order valence-corrected chi connectivity index (χ2v) is 4.60. The highest BCUT2D eigenvalue weighted by Gasteiger charge is 2.18. The summed E-state index contributed by atoms with van der Waals surface area (Å²) in [5, 5.41) is 14.6. The smallest absolute Gasteiger partial charge is 0.173 e. The number of benzene rings is 1. The number of tetrazole rings is 1. The number of hydrogen-bond donors (Lipinski definition) is 1. The number of halogens is 2. The van der Waals surface area contributed by atoms with Gasteiger partial charge in [0.05, 0.1) is 17.7 Å². The molecule has 2 aromatic rings. The molecule has 0 radical (unpaired) electrons. The summed E-state index contributed by atoms with van der Waals surface area (Å²) in [7, 11) is 1.62. The molecule has 8 heteroatoms. The molecule has 108 valence electrons. The quantitative estimate of drug-likeness (QED) is 0.823. The average Bonchev–Trinajstić information content (AvgIpc) is 2.91. The molecule has 1 atom stereocenters. The highest BCUT2D eigenvalue weighted by Crippen LogP contribution is 2.22. The van der Waals surface area contributed by atoms with Crippen LogP contribution in [0, 0.1) is 5.82 Å². The number of aromatic nitrogens is 4. The van der Waals surface area contributed by atoms with Crippen LogP contribution in [0.15, 0.2) is 18.2 Å². The van der Waals surface area contributed by atoms with E-state index in [4.69, 9.17) is 16.3 Å². The van der Waals surface area contributed by atoms with Gasteiger partial charge in [0, 0.05) is 13.7 Å². The Kier molecular flexibility index (Phi) is 4.99. The van der Waals surface area contributed by atoms with Crippen LogP contribution >= 0.6 is 11.6 Å². The van der Waals surface area contributed by atoms with Gasteiger partial charge in [0.1, 0.15) is 5.69 Å². The zero-order valence-electron chi connectivity index (χ0n) is 11.2. The van der Waals surface area contributed by atoms with Crippen molar-refractivity contribution in [2.24, 2.45) is 0 Å². The molecular formula is C12H15ClFN5O. The van der Waals surface area contributed by atoms with Gasteiger partial charge in [0.2, 0.25) is 0 Å². The maximum atomic E-state index is 14.0. The summed E-state index contributed by atoms with van der Waals surface area (Å²) < 4.78 is 20.3. The lowest BCUT2D eigenvalue weighted by Crippen LogP contribution is -2.25. The van der Waals surface area contributed by atoms with Crippen molar-refractivity contribution in [2.75, 3.05) is 20.3 Å². The van der Waals surface area contributed by atoms with Gasteiger partial charge in [-0.15, -0.1) is 5.10 Å². The summed E-state index contributed by atoms with van der Waals surface area (Å²) in [5.41, 5.74) is 0.220. The first-order valence-corrected chi connectivity index (χ1v) is 6.48. The van der Waals surface area contributed by atoms with E-state index in [1.54, 1.807) is 19.2 Å². The minimum absolute atomic E-state index is 0.0314. The largest absolute Gasteiger partial charge is 0.383 e. The number of ether oxygens (including phenoxy) is 1. The van der Waals surface area contributed by atoms with Gasteiger partial charge < -0.3 is 10.1 Å². The summed E-state index contributed by atoms with van der Waals surface area (Å²) in [6.45, 7) is 3.10. The summed E-state index contributed by atoms with van der Waals surface area (Å²) in [4.78, 5) is 0. The van der Waals surface area contributed by atoms with Crippen LogP contribution < -0.4 is 5.32 Å². The number of hydrogen-bond acceptors (Lipinski definition) is 5. The lowest BCUT2D eigenvalue weighted by Gasteiger charge is -2.13. The fourth-order valence-electron chi connectivity index (χ4n) is 1.76. The second-order valence-electron chi connectivity index (χ2n) is 4.19. The molecule has 0 aliphatic rings. The van der Waals surface area contributed by atoms with E-state index < -0.39 is 5.82 Å². The Bertz CT molecular complexity index is 577. The molecule has 0 bridgehead atoms. The summed E-state index contributed by atoms with van der Waals surface area (Å²) >= 11 is 5.78. The van der Waals surface area contributed by atoms with E-state index in [0.29, 0.717) is 19.0 Å². The summed E-state index contributed by atoms with van der Waals surface area (Å²) in [6.07, 6.45) is 0. The molecule has 0 saturated heterocycles. The minimum Gasteiger partial charge on any atom is -0.383 e. The van der Waals surface area contributed by atoms with Crippen molar-refractivity contribution in [3.63, 3.8) is 0 Å². The fourth-order valence-corrected chi connectivity index (χ4v) is 1.93. The maximum absolute atomic E-state index is 14.0.